The number of hydrogen-bond donors (Lipinski definition) is 3. The van der Waals surface area contributed by atoms with Crippen molar-refractivity contribution >= 4 is 52.4 Å². The Kier molecular flexibility index (Phi) is 6.14. The molecule has 0 saturated carbocycles. The molecular weight excluding hydrogens is 414 g/mol. The van der Waals surface area contributed by atoms with Gasteiger partial charge in [-0.15, -0.1) is 0 Å². The van der Waals surface area contributed by atoms with Crippen LogP contribution < -0.4 is 15.5 Å². The standard InChI is InChI=1S/C20H24ClN3O4S/c1-20(2,3)16(22-18(26)27)12-7-8-24(10-12)15-11(5-4-6-13(15)21)9-14-17(25)23-19(28)29-14/h4-6,9,12,16,22H,7-8,10H2,1-3H3,(H,26,27)(H,23,25,28). The van der Waals surface area contributed by atoms with Gasteiger partial charge in [0.05, 0.1) is 15.6 Å². The molecule has 2 fully saturated rings. The molecule has 3 N–H and O–H groups in total. The van der Waals surface area contributed by atoms with Gasteiger partial charge in [0.25, 0.3) is 11.1 Å². The number of para-hydroxylation sites is 1. The number of nitrogens with one attached hydrogen (secondary N) is 2. The van der Waals surface area contributed by atoms with Crippen molar-refractivity contribution in [3.05, 3.63) is 33.7 Å². The van der Waals surface area contributed by atoms with Gasteiger partial charge in [-0.3, -0.25) is 14.9 Å². The van der Waals surface area contributed by atoms with E-state index in [0.717, 1.165) is 36.0 Å². The Labute approximate surface area is 178 Å². The lowest BCUT2D eigenvalue weighted by Crippen LogP contribution is -2.49. The summed E-state index contributed by atoms with van der Waals surface area (Å²) in [7, 11) is 0. The van der Waals surface area contributed by atoms with Crippen molar-refractivity contribution in [2.75, 3.05) is 18.0 Å². The molecule has 0 aromatic heterocycles. The monoisotopic (exact) mass is 437 g/mol. The smallest absolute Gasteiger partial charge is 0.404 e. The quantitative estimate of drug-likeness (QED) is 0.611. The van der Waals surface area contributed by atoms with E-state index >= 15 is 0 Å². The van der Waals surface area contributed by atoms with Gasteiger partial charge in [-0.1, -0.05) is 44.5 Å². The first-order valence-corrected chi connectivity index (χ1v) is 10.5. The highest BCUT2D eigenvalue weighted by Gasteiger charge is 2.38. The molecule has 7 nitrogen and oxygen atoms in total. The molecule has 2 unspecified atom stereocenters. The third kappa shape index (κ3) is 4.87. The number of carboxylic acid groups (broad SMARTS) is 1. The van der Waals surface area contributed by atoms with Gasteiger partial charge in [0, 0.05) is 24.7 Å². The topological polar surface area (TPSA) is 98.7 Å². The SMILES string of the molecule is CC(C)(C)C(NC(=O)O)C1CCN(c2c(Cl)cccc2C=C2SC(=O)NC2=O)C1. The number of imide groups is 1. The number of rotatable bonds is 4. The van der Waals surface area contributed by atoms with Crippen LogP contribution in [0.3, 0.4) is 0 Å². The van der Waals surface area contributed by atoms with Crippen molar-refractivity contribution in [1.29, 1.82) is 0 Å². The molecule has 0 spiro atoms. The zero-order valence-corrected chi connectivity index (χ0v) is 18.1. The summed E-state index contributed by atoms with van der Waals surface area (Å²) in [6.07, 6.45) is 1.47. The van der Waals surface area contributed by atoms with Crippen molar-refractivity contribution in [2.24, 2.45) is 11.3 Å². The molecule has 2 heterocycles. The van der Waals surface area contributed by atoms with Crippen LogP contribution in [0.15, 0.2) is 23.1 Å². The molecular formula is C20H24ClN3O4S. The summed E-state index contributed by atoms with van der Waals surface area (Å²) in [5.74, 6) is -0.294. The second kappa shape index (κ2) is 8.28. The lowest BCUT2D eigenvalue weighted by Gasteiger charge is -2.35. The zero-order valence-electron chi connectivity index (χ0n) is 16.5. The molecule has 0 aliphatic carbocycles. The van der Waals surface area contributed by atoms with Crippen LogP contribution in [-0.2, 0) is 4.79 Å². The van der Waals surface area contributed by atoms with Crippen LogP contribution in [0.25, 0.3) is 6.08 Å². The van der Waals surface area contributed by atoms with Gasteiger partial charge in [0.1, 0.15) is 0 Å². The number of amides is 3. The van der Waals surface area contributed by atoms with Gasteiger partial charge in [-0.25, -0.2) is 4.79 Å². The van der Waals surface area contributed by atoms with E-state index in [1.54, 1.807) is 18.2 Å². The summed E-state index contributed by atoms with van der Waals surface area (Å²) < 4.78 is 0. The Morgan fingerprint density at radius 3 is 2.72 bits per heavy atom. The van der Waals surface area contributed by atoms with E-state index in [0.29, 0.717) is 16.5 Å². The minimum atomic E-state index is -1.03. The fourth-order valence-electron chi connectivity index (χ4n) is 3.98. The van der Waals surface area contributed by atoms with Crippen LogP contribution in [0.5, 0.6) is 0 Å². The van der Waals surface area contributed by atoms with Crippen molar-refractivity contribution < 1.29 is 19.5 Å². The van der Waals surface area contributed by atoms with Gasteiger partial charge in [-0.05, 0) is 41.7 Å². The maximum Gasteiger partial charge on any atom is 0.404 e. The molecule has 1 aromatic rings. The molecule has 2 saturated heterocycles. The summed E-state index contributed by atoms with van der Waals surface area (Å²) in [5.41, 5.74) is 1.31. The number of thioether (sulfide) groups is 1. The van der Waals surface area contributed by atoms with E-state index in [9.17, 15) is 19.5 Å². The predicted octanol–water partition coefficient (Wildman–Crippen LogP) is 4.17. The van der Waals surface area contributed by atoms with Crippen LogP contribution in [0.2, 0.25) is 5.02 Å². The first-order chi connectivity index (χ1) is 13.6. The molecule has 0 bridgehead atoms. The van der Waals surface area contributed by atoms with Crippen LogP contribution >= 0.6 is 23.4 Å². The van der Waals surface area contributed by atoms with Crippen molar-refractivity contribution in [3.63, 3.8) is 0 Å². The maximum atomic E-state index is 11.9. The lowest BCUT2D eigenvalue weighted by molar-refractivity contribution is -0.115. The van der Waals surface area contributed by atoms with Crippen molar-refractivity contribution in [3.8, 4) is 0 Å². The van der Waals surface area contributed by atoms with E-state index < -0.39 is 12.0 Å². The average molecular weight is 438 g/mol. The van der Waals surface area contributed by atoms with E-state index in [1.807, 2.05) is 26.8 Å². The number of halogens is 1. The number of hydrogen-bond acceptors (Lipinski definition) is 5. The van der Waals surface area contributed by atoms with Crippen molar-refractivity contribution in [2.45, 2.75) is 33.2 Å². The summed E-state index contributed by atoms with van der Waals surface area (Å²) in [4.78, 5) is 37.1. The normalized spacial score (nSPS) is 22.1. The van der Waals surface area contributed by atoms with Gasteiger partial charge >= 0.3 is 6.09 Å². The first kappa shape index (κ1) is 21.5. The molecule has 2 atom stereocenters. The third-order valence-corrected chi connectivity index (χ3v) is 6.29. The number of benzene rings is 1. The van der Waals surface area contributed by atoms with Crippen LogP contribution in [0.1, 0.15) is 32.8 Å². The maximum absolute atomic E-state index is 11.9. The average Bonchev–Trinajstić information content (AvgIpc) is 3.18. The minimum absolute atomic E-state index is 0.119. The van der Waals surface area contributed by atoms with Gasteiger partial charge in [-0.2, -0.15) is 0 Å². The number of nitrogens with zero attached hydrogens (tertiary/aromatic N) is 1. The third-order valence-electron chi connectivity index (χ3n) is 5.17. The fraction of sp³-hybridized carbons (Fsp3) is 0.450. The van der Waals surface area contributed by atoms with Gasteiger partial charge in [0.2, 0.25) is 0 Å². The van der Waals surface area contributed by atoms with Gasteiger partial charge in [0.15, 0.2) is 0 Å². The Balaban J connectivity index is 1.89. The van der Waals surface area contributed by atoms with Gasteiger partial charge < -0.3 is 15.3 Å². The zero-order chi connectivity index (χ0) is 21.3. The predicted molar refractivity (Wildman–Crippen MR) is 115 cm³/mol. The molecule has 2 aliphatic rings. The lowest BCUT2D eigenvalue weighted by atomic mass is 9.78. The van der Waals surface area contributed by atoms with Crippen molar-refractivity contribution in [1.82, 2.24) is 10.6 Å². The first-order valence-electron chi connectivity index (χ1n) is 9.34. The molecule has 1 aromatic carbocycles. The molecule has 156 valence electrons. The molecule has 29 heavy (non-hydrogen) atoms. The number of carbonyl (C=O) groups excluding carboxylic acids is 2. The second-order valence-corrected chi connectivity index (χ2v) is 9.74. The molecule has 0 radical (unpaired) electrons. The molecule has 2 aliphatic heterocycles. The Morgan fingerprint density at radius 1 is 1.41 bits per heavy atom. The number of carbonyl (C=O) groups is 3. The largest absolute Gasteiger partial charge is 0.465 e. The number of anilines is 1. The van der Waals surface area contributed by atoms with Crippen LogP contribution in [0, 0.1) is 11.3 Å². The fourth-order valence-corrected chi connectivity index (χ4v) is 4.96. The summed E-state index contributed by atoms with van der Waals surface area (Å²) in [5, 5.41) is 14.4. The Morgan fingerprint density at radius 2 is 2.14 bits per heavy atom. The van der Waals surface area contributed by atoms with E-state index in [-0.39, 0.29) is 22.6 Å². The van der Waals surface area contributed by atoms with Crippen LogP contribution in [0.4, 0.5) is 15.3 Å². The minimum Gasteiger partial charge on any atom is -0.465 e. The Bertz CT molecular complexity index is 881. The summed E-state index contributed by atoms with van der Waals surface area (Å²) >= 11 is 7.37. The second-order valence-electron chi connectivity index (χ2n) is 8.32. The van der Waals surface area contributed by atoms with E-state index in [2.05, 4.69) is 15.5 Å². The molecule has 3 rings (SSSR count). The highest BCUT2D eigenvalue weighted by molar-refractivity contribution is 8.18. The summed E-state index contributed by atoms with van der Waals surface area (Å²) in [6.45, 7) is 7.43. The Hall–Kier alpha value is -2.19. The highest BCUT2D eigenvalue weighted by Crippen LogP contribution is 2.39. The van der Waals surface area contributed by atoms with E-state index in [1.165, 1.54) is 0 Å². The summed E-state index contributed by atoms with van der Waals surface area (Å²) in [6, 6.07) is 5.24. The molecule has 3 amide bonds. The molecule has 9 heteroatoms. The van der Waals surface area contributed by atoms with E-state index in [4.69, 9.17) is 11.6 Å². The van der Waals surface area contributed by atoms with Crippen LogP contribution in [-0.4, -0.2) is 41.5 Å². The highest BCUT2D eigenvalue weighted by atomic mass is 35.5.